The number of hydrogen-bond acceptors (Lipinski definition) is 4. The van der Waals surface area contributed by atoms with E-state index in [2.05, 4.69) is 37.2 Å². The van der Waals surface area contributed by atoms with Crippen LogP contribution in [0.25, 0.3) is 0 Å². The third-order valence-electron chi connectivity index (χ3n) is 5.65. The van der Waals surface area contributed by atoms with Crippen molar-refractivity contribution in [1.29, 1.82) is 0 Å². The van der Waals surface area contributed by atoms with Crippen molar-refractivity contribution < 1.29 is 19.1 Å². The van der Waals surface area contributed by atoms with Gasteiger partial charge in [0, 0.05) is 7.26 Å². The molecule has 5 heteroatoms. The lowest BCUT2D eigenvalue weighted by molar-refractivity contribution is 0.0599. The number of methoxy groups -OCH3 is 2. The molecule has 0 aliphatic carbocycles. The van der Waals surface area contributed by atoms with Gasteiger partial charge in [-0.2, -0.15) is 0 Å². The molecule has 0 N–H and O–H groups in total. The van der Waals surface area contributed by atoms with E-state index in [-0.39, 0.29) is 0 Å². The number of benzene rings is 1. The molecule has 0 saturated heterocycles. The monoisotopic (exact) mass is 453 g/mol. The van der Waals surface area contributed by atoms with Gasteiger partial charge in [-0.1, -0.05) is 59.4 Å². The predicted molar refractivity (Wildman–Crippen MR) is 135 cm³/mol. The van der Waals surface area contributed by atoms with Crippen LogP contribution < -0.4 is 0 Å². The fourth-order valence-electron chi connectivity index (χ4n) is 3.65. The third kappa shape index (κ3) is 12.3. The van der Waals surface area contributed by atoms with E-state index in [1.807, 2.05) is 0 Å². The molecule has 0 aliphatic rings. The molecule has 1 aromatic rings. The normalized spacial score (nSPS) is 10.8. The first-order valence-electron chi connectivity index (χ1n) is 12.0. The van der Waals surface area contributed by atoms with E-state index in [0.717, 1.165) is 0 Å². The minimum Gasteiger partial charge on any atom is -0.465 e. The highest BCUT2D eigenvalue weighted by molar-refractivity contribution is 7.75. The lowest BCUT2D eigenvalue weighted by Crippen LogP contribution is -2.12. The van der Waals surface area contributed by atoms with Crippen LogP contribution in [-0.2, 0) is 9.47 Å². The van der Waals surface area contributed by atoms with Gasteiger partial charge in [0.2, 0.25) is 0 Å². The van der Waals surface area contributed by atoms with Crippen molar-refractivity contribution in [3.05, 3.63) is 35.4 Å². The van der Waals surface area contributed by atoms with Crippen molar-refractivity contribution >= 4 is 19.2 Å². The van der Waals surface area contributed by atoms with E-state index in [9.17, 15) is 9.59 Å². The Kier molecular flexibility index (Phi) is 17.4. The van der Waals surface area contributed by atoms with Crippen molar-refractivity contribution in [1.82, 2.24) is 0 Å². The first kappa shape index (κ1) is 29.6. The number of rotatable bonds is 14. The summed E-state index contributed by atoms with van der Waals surface area (Å²) in [5.41, 5.74) is 0.658. The number of carbonyl (C=O) groups is 2. The van der Waals surface area contributed by atoms with Crippen molar-refractivity contribution in [2.45, 2.75) is 79.1 Å². The van der Waals surface area contributed by atoms with Gasteiger partial charge in [0.1, 0.15) is 0 Å². The molecule has 0 atom stereocenters. The van der Waals surface area contributed by atoms with E-state index in [1.165, 1.54) is 71.7 Å². The molecular weight excluding hydrogens is 407 g/mol. The van der Waals surface area contributed by atoms with Gasteiger partial charge in [-0.05, 0) is 43.9 Å². The Morgan fingerprint density at radius 3 is 1.26 bits per heavy atom. The topological polar surface area (TPSA) is 52.6 Å². The Morgan fingerprint density at radius 2 is 1.00 bits per heavy atom. The van der Waals surface area contributed by atoms with Gasteiger partial charge in [-0.15, -0.1) is 0 Å². The highest BCUT2D eigenvalue weighted by Crippen LogP contribution is 2.61. The second-order valence-electron chi connectivity index (χ2n) is 8.21. The molecule has 0 saturated carbocycles. The number of carbonyl (C=O) groups excluding carboxylic acids is 2. The average Bonchev–Trinajstić information content (AvgIpc) is 2.82. The van der Waals surface area contributed by atoms with E-state index >= 15 is 0 Å². The fourth-order valence-corrected chi connectivity index (χ4v) is 8.94. The SMILES string of the molecule is CCCC[P+](CCCC)(CCCC)CCCC.COC(=O)c1cccc(C(=O)OC)c1. The Balaban J connectivity index is 0.000000590. The average molecular weight is 454 g/mol. The zero-order valence-corrected chi connectivity index (χ0v) is 21.8. The summed E-state index contributed by atoms with van der Waals surface area (Å²) in [6, 6.07) is 6.16. The highest BCUT2D eigenvalue weighted by Gasteiger charge is 2.34. The lowest BCUT2D eigenvalue weighted by Gasteiger charge is -2.28. The summed E-state index contributed by atoms with van der Waals surface area (Å²) in [5, 5.41) is 0. The number of esters is 2. The minimum absolute atomic E-state index is 0.329. The van der Waals surface area contributed by atoms with E-state index in [0.29, 0.717) is 11.1 Å². The number of hydrogen-bond donors (Lipinski definition) is 0. The summed E-state index contributed by atoms with van der Waals surface area (Å²) in [7, 11) is 2.01. The van der Waals surface area contributed by atoms with Crippen molar-refractivity contribution in [2.75, 3.05) is 38.9 Å². The maximum absolute atomic E-state index is 11.1. The molecule has 4 nitrogen and oxygen atoms in total. The molecule has 0 heterocycles. The zero-order chi connectivity index (χ0) is 23.5. The van der Waals surface area contributed by atoms with Gasteiger partial charge in [-0.25, -0.2) is 9.59 Å². The van der Waals surface area contributed by atoms with Gasteiger partial charge in [0.05, 0.1) is 50.0 Å². The largest absolute Gasteiger partial charge is 0.465 e. The fraction of sp³-hybridized carbons (Fsp3) is 0.692. The van der Waals surface area contributed by atoms with Crippen LogP contribution in [0, 0.1) is 0 Å². The number of ether oxygens (including phenoxy) is 2. The second kappa shape index (κ2) is 18.2. The highest BCUT2D eigenvalue weighted by atomic mass is 31.2. The van der Waals surface area contributed by atoms with Crippen LogP contribution in [-0.4, -0.2) is 50.8 Å². The maximum atomic E-state index is 11.1. The van der Waals surface area contributed by atoms with Crippen molar-refractivity contribution in [3.8, 4) is 0 Å². The van der Waals surface area contributed by atoms with Gasteiger partial charge in [0.25, 0.3) is 0 Å². The third-order valence-corrected chi connectivity index (χ3v) is 10.7. The van der Waals surface area contributed by atoms with Crippen molar-refractivity contribution in [3.63, 3.8) is 0 Å². The molecule has 1 rings (SSSR count). The Labute approximate surface area is 191 Å². The molecule has 0 radical (unpaired) electrons. The quantitative estimate of drug-likeness (QED) is 0.217. The molecule has 0 amide bonds. The molecular formula is C26H46O4P+. The predicted octanol–water partition coefficient (Wildman–Crippen LogP) is 7.46. The Hall–Kier alpha value is -1.41. The van der Waals surface area contributed by atoms with Crippen LogP contribution in [0.4, 0.5) is 0 Å². The molecule has 0 aromatic heterocycles. The van der Waals surface area contributed by atoms with E-state index in [4.69, 9.17) is 0 Å². The molecule has 1 aromatic carbocycles. The molecule has 0 spiro atoms. The van der Waals surface area contributed by atoms with Crippen LogP contribution in [0.1, 0.15) is 99.8 Å². The summed E-state index contributed by atoms with van der Waals surface area (Å²) in [6.07, 6.45) is 17.9. The van der Waals surface area contributed by atoms with Crippen LogP contribution in [0.2, 0.25) is 0 Å². The number of unbranched alkanes of at least 4 members (excludes halogenated alkanes) is 4. The van der Waals surface area contributed by atoms with E-state index < -0.39 is 19.2 Å². The van der Waals surface area contributed by atoms with Gasteiger partial charge >= 0.3 is 11.9 Å². The van der Waals surface area contributed by atoms with Gasteiger partial charge in [0.15, 0.2) is 0 Å². The lowest BCUT2D eigenvalue weighted by atomic mass is 10.1. The molecule has 31 heavy (non-hydrogen) atoms. The standard InChI is InChI=1S/C16H36P.C10H10O4/c1-5-9-13-17(14-10-6-2,15-11-7-3)16-12-8-4;1-13-9(11)7-4-3-5-8(6-7)10(12)14-2/h5-16H2,1-4H3;3-6H,1-2H3/q+1;. The molecule has 0 bridgehead atoms. The summed E-state index contributed by atoms with van der Waals surface area (Å²) in [5.74, 6) is -0.952. The van der Waals surface area contributed by atoms with Crippen LogP contribution in [0.3, 0.4) is 0 Å². The summed E-state index contributed by atoms with van der Waals surface area (Å²) in [4.78, 5) is 22.2. The van der Waals surface area contributed by atoms with Crippen LogP contribution in [0.15, 0.2) is 24.3 Å². The minimum atomic E-state index is -0.562. The molecule has 0 aliphatic heterocycles. The molecule has 178 valence electrons. The molecule has 0 unspecified atom stereocenters. The summed E-state index contributed by atoms with van der Waals surface area (Å²) >= 11 is 0. The Morgan fingerprint density at radius 1 is 0.677 bits per heavy atom. The van der Waals surface area contributed by atoms with Crippen molar-refractivity contribution in [2.24, 2.45) is 0 Å². The van der Waals surface area contributed by atoms with Crippen LogP contribution in [0.5, 0.6) is 0 Å². The van der Waals surface area contributed by atoms with Crippen LogP contribution >= 0.6 is 7.26 Å². The maximum Gasteiger partial charge on any atom is 0.337 e. The first-order chi connectivity index (χ1) is 14.9. The summed E-state index contributed by atoms with van der Waals surface area (Å²) in [6.45, 7) is 9.42. The second-order valence-corrected chi connectivity index (χ2v) is 12.7. The van der Waals surface area contributed by atoms with Gasteiger partial charge in [-0.3, -0.25) is 0 Å². The first-order valence-corrected chi connectivity index (χ1v) is 14.6. The zero-order valence-electron chi connectivity index (χ0n) is 20.9. The van der Waals surface area contributed by atoms with Gasteiger partial charge < -0.3 is 9.47 Å². The Bertz CT molecular complexity index is 546. The summed E-state index contributed by atoms with van der Waals surface area (Å²) < 4.78 is 9.03. The van der Waals surface area contributed by atoms with E-state index in [1.54, 1.807) is 42.8 Å². The smallest absolute Gasteiger partial charge is 0.337 e. The molecule has 0 fully saturated rings.